The van der Waals surface area contributed by atoms with E-state index in [1.807, 2.05) is 13.0 Å². The van der Waals surface area contributed by atoms with Crippen LogP contribution in [0, 0.1) is 12.8 Å². The predicted octanol–water partition coefficient (Wildman–Crippen LogP) is 3.44. The smallest absolute Gasteiger partial charge is 0.393 e. The first-order chi connectivity index (χ1) is 11.7. The molecule has 25 heavy (non-hydrogen) atoms. The van der Waals surface area contributed by atoms with Crippen molar-refractivity contribution in [2.24, 2.45) is 5.92 Å². The minimum atomic E-state index is -4.29. The Kier molecular flexibility index (Phi) is 4.58. The summed E-state index contributed by atoms with van der Waals surface area (Å²) in [7, 11) is 0. The van der Waals surface area contributed by atoms with E-state index in [1.165, 1.54) is 11.0 Å². The van der Waals surface area contributed by atoms with Crippen molar-refractivity contribution in [3.63, 3.8) is 0 Å². The number of amides is 1. The summed E-state index contributed by atoms with van der Waals surface area (Å²) in [5.74, 6) is -1.88. The van der Waals surface area contributed by atoms with E-state index in [2.05, 4.69) is 0 Å². The van der Waals surface area contributed by atoms with Crippen LogP contribution in [0.3, 0.4) is 0 Å². The van der Waals surface area contributed by atoms with Crippen molar-refractivity contribution >= 4 is 16.9 Å². The summed E-state index contributed by atoms with van der Waals surface area (Å²) < 4.78 is 43.9. The van der Waals surface area contributed by atoms with Gasteiger partial charge in [-0.1, -0.05) is 12.1 Å². The van der Waals surface area contributed by atoms with Crippen LogP contribution in [0.4, 0.5) is 13.2 Å². The van der Waals surface area contributed by atoms with Gasteiger partial charge in [-0.05, 0) is 37.0 Å². The van der Waals surface area contributed by atoms with Crippen LogP contribution >= 0.6 is 0 Å². The number of piperidine rings is 1. The molecule has 4 nitrogen and oxygen atoms in total. The molecule has 0 aliphatic carbocycles. The highest BCUT2D eigenvalue weighted by atomic mass is 19.4. The molecule has 1 aliphatic heterocycles. The number of carbonyl (C=O) groups excluding carboxylic acids is 1. The third-order valence-corrected chi connectivity index (χ3v) is 4.56. The Morgan fingerprint density at radius 2 is 2.08 bits per heavy atom. The van der Waals surface area contributed by atoms with Crippen molar-refractivity contribution in [1.29, 1.82) is 0 Å². The fraction of sp³-hybridized carbons (Fsp3) is 0.444. The monoisotopic (exact) mass is 353 g/mol. The summed E-state index contributed by atoms with van der Waals surface area (Å²) in [5, 5.41) is 0.628. The normalized spacial score (nSPS) is 18.6. The lowest BCUT2D eigenvalue weighted by Crippen LogP contribution is -2.45. The lowest BCUT2D eigenvalue weighted by Gasteiger charge is -2.33. The zero-order valence-electron chi connectivity index (χ0n) is 13.7. The van der Waals surface area contributed by atoms with Gasteiger partial charge in [0.2, 0.25) is 5.91 Å². The maximum absolute atomic E-state index is 12.9. The van der Waals surface area contributed by atoms with Gasteiger partial charge < -0.3 is 9.32 Å². The maximum atomic E-state index is 12.9. The quantitative estimate of drug-likeness (QED) is 0.777. The van der Waals surface area contributed by atoms with Gasteiger partial charge in [-0.25, -0.2) is 4.79 Å². The summed E-state index contributed by atoms with van der Waals surface area (Å²) in [6, 6.07) is 6.52. The molecule has 3 rings (SSSR count). The van der Waals surface area contributed by atoms with E-state index in [9.17, 15) is 22.8 Å². The van der Waals surface area contributed by atoms with E-state index >= 15 is 0 Å². The van der Waals surface area contributed by atoms with Gasteiger partial charge >= 0.3 is 11.8 Å². The Bertz CT molecular complexity index is 857. The topological polar surface area (TPSA) is 50.5 Å². The molecular weight excluding hydrogens is 335 g/mol. The first-order valence-electron chi connectivity index (χ1n) is 8.12. The average Bonchev–Trinajstić information content (AvgIpc) is 2.53. The molecule has 2 aromatic rings. The van der Waals surface area contributed by atoms with Gasteiger partial charge in [-0.3, -0.25) is 4.79 Å². The molecule has 1 fully saturated rings. The second-order valence-corrected chi connectivity index (χ2v) is 6.49. The second-order valence-electron chi connectivity index (χ2n) is 6.49. The van der Waals surface area contributed by atoms with Gasteiger partial charge in [0.25, 0.3) is 0 Å². The molecule has 1 aromatic heterocycles. The van der Waals surface area contributed by atoms with Crippen LogP contribution in [0.1, 0.15) is 24.0 Å². The van der Waals surface area contributed by atoms with Crippen LogP contribution < -0.4 is 5.63 Å². The van der Waals surface area contributed by atoms with Gasteiger partial charge in [0.05, 0.1) is 12.3 Å². The number of nitrogens with zero attached hydrogens (tertiary/aromatic N) is 1. The van der Waals surface area contributed by atoms with E-state index in [0.717, 1.165) is 5.56 Å². The Balaban J connectivity index is 1.84. The highest BCUT2D eigenvalue weighted by molar-refractivity contribution is 5.87. The Hall–Kier alpha value is -2.31. The first-order valence-corrected chi connectivity index (χ1v) is 8.12. The van der Waals surface area contributed by atoms with Gasteiger partial charge in [0.15, 0.2) is 0 Å². The molecule has 2 heterocycles. The predicted molar refractivity (Wildman–Crippen MR) is 86.3 cm³/mol. The SMILES string of the molecule is Cc1ccc2c(CC(=O)N3CCCC(C(F)(F)F)C3)cc(=O)oc2c1. The Morgan fingerprint density at radius 1 is 1.32 bits per heavy atom. The molecular formula is C18H18F3NO3. The van der Waals surface area contributed by atoms with Crippen LogP contribution in [-0.4, -0.2) is 30.1 Å². The summed E-state index contributed by atoms with van der Waals surface area (Å²) in [4.78, 5) is 25.5. The molecule has 0 radical (unpaired) electrons. The minimum Gasteiger partial charge on any atom is -0.423 e. The molecule has 0 bridgehead atoms. The zero-order valence-corrected chi connectivity index (χ0v) is 13.7. The van der Waals surface area contributed by atoms with Crippen LogP contribution in [0.25, 0.3) is 11.0 Å². The van der Waals surface area contributed by atoms with Gasteiger partial charge in [0, 0.05) is 24.5 Å². The number of likely N-dealkylation sites (tertiary alicyclic amines) is 1. The van der Waals surface area contributed by atoms with Crippen LogP contribution in [0.5, 0.6) is 0 Å². The largest absolute Gasteiger partial charge is 0.423 e. The Labute approximate surface area is 142 Å². The number of rotatable bonds is 2. The third-order valence-electron chi connectivity index (χ3n) is 4.56. The molecule has 134 valence electrons. The lowest BCUT2D eigenvalue weighted by molar-refractivity contribution is -0.187. The summed E-state index contributed by atoms with van der Waals surface area (Å²) in [6.07, 6.45) is -4.04. The molecule has 0 N–H and O–H groups in total. The molecule has 7 heteroatoms. The molecule has 0 saturated carbocycles. The first kappa shape index (κ1) is 17.5. The third kappa shape index (κ3) is 3.86. The van der Waals surface area contributed by atoms with Crippen molar-refractivity contribution < 1.29 is 22.4 Å². The van der Waals surface area contributed by atoms with Crippen molar-refractivity contribution in [2.75, 3.05) is 13.1 Å². The number of halogens is 3. The number of carbonyl (C=O) groups is 1. The average molecular weight is 353 g/mol. The highest BCUT2D eigenvalue weighted by Gasteiger charge is 2.42. The maximum Gasteiger partial charge on any atom is 0.393 e. The highest BCUT2D eigenvalue weighted by Crippen LogP contribution is 2.33. The van der Waals surface area contributed by atoms with Crippen LogP contribution in [0.2, 0.25) is 0 Å². The standard InChI is InChI=1S/C18H18F3NO3/c1-11-4-5-14-12(9-17(24)25-15(14)7-11)8-16(23)22-6-2-3-13(10-22)18(19,20)21/h4-5,7,9,13H,2-3,6,8,10H2,1H3. The van der Waals surface area contributed by atoms with Crippen molar-refractivity contribution in [2.45, 2.75) is 32.4 Å². The van der Waals surface area contributed by atoms with Gasteiger partial charge in [0.1, 0.15) is 5.58 Å². The second kappa shape index (κ2) is 6.54. The van der Waals surface area contributed by atoms with Crippen LogP contribution in [-0.2, 0) is 11.2 Å². The molecule has 1 saturated heterocycles. The number of hydrogen-bond donors (Lipinski definition) is 0. The molecule has 1 aromatic carbocycles. The van der Waals surface area contributed by atoms with Crippen molar-refractivity contribution in [3.8, 4) is 0 Å². The fourth-order valence-electron chi connectivity index (χ4n) is 3.23. The van der Waals surface area contributed by atoms with E-state index in [-0.39, 0.29) is 19.4 Å². The summed E-state index contributed by atoms with van der Waals surface area (Å²) >= 11 is 0. The van der Waals surface area contributed by atoms with E-state index in [4.69, 9.17) is 4.42 Å². The number of aryl methyl sites for hydroxylation is 1. The molecule has 1 amide bonds. The molecule has 0 spiro atoms. The Morgan fingerprint density at radius 3 is 2.80 bits per heavy atom. The number of benzene rings is 1. The summed E-state index contributed by atoms with van der Waals surface area (Å²) in [5.41, 5.74) is 1.18. The fourth-order valence-corrected chi connectivity index (χ4v) is 3.23. The van der Waals surface area contributed by atoms with Crippen molar-refractivity contribution in [1.82, 2.24) is 4.90 Å². The van der Waals surface area contributed by atoms with Crippen LogP contribution in [0.15, 0.2) is 33.5 Å². The number of alkyl halides is 3. The lowest BCUT2D eigenvalue weighted by atomic mass is 9.96. The van der Waals surface area contributed by atoms with Gasteiger partial charge in [-0.15, -0.1) is 0 Å². The molecule has 1 aliphatic rings. The number of hydrogen-bond acceptors (Lipinski definition) is 3. The zero-order chi connectivity index (χ0) is 18.2. The molecule has 1 unspecified atom stereocenters. The number of fused-ring (bicyclic) bond motifs is 1. The molecule has 1 atom stereocenters. The minimum absolute atomic E-state index is 0.0460. The summed E-state index contributed by atoms with van der Waals surface area (Å²) in [6.45, 7) is 1.84. The van der Waals surface area contributed by atoms with Crippen molar-refractivity contribution in [3.05, 3.63) is 45.8 Å². The van der Waals surface area contributed by atoms with E-state index in [1.54, 1.807) is 12.1 Å². The van der Waals surface area contributed by atoms with E-state index in [0.29, 0.717) is 29.5 Å². The van der Waals surface area contributed by atoms with E-state index < -0.39 is 23.6 Å². The van der Waals surface area contributed by atoms with Gasteiger partial charge in [-0.2, -0.15) is 13.2 Å².